The van der Waals surface area contributed by atoms with Crippen LogP contribution < -0.4 is 5.43 Å². The van der Waals surface area contributed by atoms with E-state index >= 15 is 0 Å². The number of carboxylic acids is 1. The van der Waals surface area contributed by atoms with Crippen molar-refractivity contribution in [1.29, 1.82) is 0 Å². The molecular formula is C25H15F3N4O7S. The molecule has 3 aromatic rings. The van der Waals surface area contributed by atoms with Gasteiger partial charge in [0, 0.05) is 6.07 Å². The summed E-state index contributed by atoms with van der Waals surface area (Å²) in [5, 5.41) is 35.7. The summed E-state index contributed by atoms with van der Waals surface area (Å²) in [6.07, 6.45) is -2.14. The molecular weight excluding hydrogens is 557 g/mol. The summed E-state index contributed by atoms with van der Waals surface area (Å²) < 4.78 is 53.6. The van der Waals surface area contributed by atoms with Gasteiger partial charge in [-0.3, -0.25) is 25.7 Å². The molecule has 0 bridgehead atoms. The summed E-state index contributed by atoms with van der Waals surface area (Å²) in [4.78, 5) is 32.0. The topological polar surface area (TPSA) is 165 Å². The molecule has 2 N–H and O–H groups in total. The van der Waals surface area contributed by atoms with Gasteiger partial charge in [-0.15, -0.1) is 0 Å². The number of nitro benzene ring substituents is 2. The lowest BCUT2D eigenvalue weighted by atomic mass is 10.1. The molecule has 40 heavy (non-hydrogen) atoms. The number of nitro groups is 2. The number of nitrogens with zero attached hydrogens (tertiary/aromatic N) is 3. The van der Waals surface area contributed by atoms with Crippen molar-refractivity contribution in [1.82, 2.24) is 0 Å². The van der Waals surface area contributed by atoms with Crippen LogP contribution in [-0.4, -0.2) is 30.8 Å². The van der Waals surface area contributed by atoms with Crippen LogP contribution in [0.3, 0.4) is 0 Å². The van der Waals surface area contributed by atoms with Crippen molar-refractivity contribution in [3.63, 3.8) is 0 Å². The number of alkyl halides is 3. The predicted octanol–water partition coefficient (Wildman–Crippen LogP) is 5.83. The molecule has 3 aromatic carbocycles. The van der Waals surface area contributed by atoms with Gasteiger partial charge in [-0.05, 0) is 53.6 Å². The van der Waals surface area contributed by atoms with E-state index in [0.29, 0.717) is 0 Å². The molecule has 0 fully saturated rings. The highest BCUT2D eigenvalue weighted by Gasteiger charge is 2.32. The third-order valence-corrected chi connectivity index (χ3v) is 7.05. The number of carboxylic acid groups (broad SMARTS) is 1. The lowest BCUT2D eigenvalue weighted by molar-refractivity contribution is -0.393. The van der Waals surface area contributed by atoms with E-state index in [9.17, 15) is 42.4 Å². The van der Waals surface area contributed by atoms with Crippen molar-refractivity contribution in [3.05, 3.63) is 121 Å². The molecule has 1 aliphatic heterocycles. The van der Waals surface area contributed by atoms with Gasteiger partial charge in [0.25, 0.3) is 5.69 Å². The van der Waals surface area contributed by atoms with E-state index in [1.807, 2.05) is 0 Å². The van der Waals surface area contributed by atoms with Gasteiger partial charge in [-0.1, -0.05) is 24.3 Å². The minimum Gasteiger partial charge on any atom is -0.478 e. The normalized spacial score (nSPS) is 16.2. The second kappa shape index (κ2) is 10.9. The molecule has 4 rings (SSSR count). The fourth-order valence-corrected chi connectivity index (χ4v) is 4.99. The molecule has 1 unspecified atom stereocenters. The van der Waals surface area contributed by atoms with Gasteiger partial charge in [0.2, 0.25) is 0 Å². The van der Waals surface area contributed by atoms with Crippen molar-refractivity contribution in [3.8, 4) is 0 Å². The van der Waals surface area contributed by atoms with Crippen LogP contribution >= 0.6 is 0 Å². The number of anilines is 1. The van der Waals surface area contributed by atoms with E-state index in [0.717, 1.165) is 36.4 Å². The summed E-state index contributed by atoms with van der Waals surface area (Å²) in [5.74, 6) is -1.20. The number of hydrogen-bond donors (Lipinski definition) is 2. The SMILES string of the molecule is O=C(O)c1ccc(C2=C/C(=N\Nc3ccc([N+](=O)[O-])cc3[N+](=O)[O-])C=C(c3cccc(C(F)(F)F)c3)S2=O)cc1. The van der Waals surface area contributed by atoms with Crippen molar-refractivity contribution in [2.45, 2.75) is 6.18 Å². The van der Waals surface area contributed by atoms with Gasteiger partial charge >= 0.3 is 17.8 Å². The molecule has 1 aliphatic rings. The maximum absolute atomic E-state index is 13.5. The Labute approximate surface area is 224 Å². The maximum Gasteiger partial charge on any atom is 0.416 e. The first kappa shape index (κ1) is 27.8. The Morgan fingerprint density at radius 2 is 1.55 bits per heavy atom. The minimum atomic E-state index is -4.68. The Morgan fingerprint density at radius 1 is 0.900 bits per heavy atom. The van der Waals surface area contributed by atoms with Crippen LogP contribution in [0.2, 0.25) is 0 Å². The summed E-state index contributed by atoms with van der Waals surface area (Å²) in [6.45, 7) is 0. The second-order valence-electron chi connectivity index (χ2n) is 8.11. The highest BCUT2D eigenvalue weighted by atomic mass is 32.2. The standard InChI is InChI=1S/C25H15F3N4O7S/c26-25(27,28)17-3-1-2-16(10-17)23-12-18(11-22(40(23)39)14-4-6-15(7-5-14)24(33)34)29-30-20-9-8-19(31(35)36)13-21(20)32(37)38/h1-13,30H,(H,33,34)/b29-18+. The first-order chi connectivity index (χ1) is 18.8. The van der Waals surface area contributed by atoms with Crippen LogP contribution in [0.25, 0.3) is 9.81 Å². The monoisotopic (exact) mass is 572 g/mol. The number of rotatable bonds is 7. The lowest BCUT2D eigenvalue weighted by Crippen LogP contribution is -2.11. The van der Waals surface area contributed by atoms with Crippen LogP contribution in [0.15, 0.2) is 84.0 Å². The molecule has 0 spiro atoms. The number of non-ortho nitro benzene ring substituents is 1. The van der Waals surface area contributed by atoms with Gasteiger partial charge in [-0.2, -0.15) is 18.3 Å². The molecule has 0 aromatic heterocycles. The van der Waals surface area contributed by atoms with Crippen LogP contribution in [0.4, 0.5) is 30.2 Å². The molecule has 1 heterocycles. The van der Waals surface area contributed by atoms with Crippen LogP contribution in [0.5, 0.6) is 0 Å². The third kappa shape index (κ3) is 5.94. The van der Waals surface area contributed by atoms with Crippen LogP contribution in [-0.2, 0) is 17.0 Å². The highest BCUT2D eigenvalue weighted by Crippen LogP contribution is 2.36. The molecule has 204 valence electrons. The van der Waals surface area contributed by atoms with E-state index in [1.54, 1.807) is 0 Å². The molecule has 0 amide bonds. The maximum atomic E-state index is 13.5. The van der Waals surface area contributed by atoms with E-state index in [1.165, 1.54) is 42.5 Å². The Morgan fingerprint density at radius 3 is 2.12 bits per heavy atom. The number of carbonyl (C=O) groups is 1. The van der Waals surface area contributed by atoms with E-state index in [2.05, 4.69) is 10.5 Å². The summed E-state index contributed by atoms with van der Waals surface area (Å²) in [6, 6.07) is 12.2. The van der Waals surface area contributed by atoms with Gasteiger partial charge in [0.05, 0.1) is 53.4 Å². The lowest BCUT2D eigenvalue weighted by Gasteiger charge is -2.18. The number of halogens is 3. The van der Waals surface area contributed by atoms with Gasteiger partial charge < -0.3 is 5.11 Å². The van der Waals surface area contributed by atoms with Crippen molar-refractivity contribution in [2.75, 3.05) is 5.43 Å². The predicted molar refractivity (Wildman–Crippen MR) is 140 cm³/mol. The minimum absolute atomic E-state index is 0.00280. The molecule has 1 atom stereocenters. The zero-order valence-electron chi connectivity index (χ0n) is 19.8. The fourth-order valence-electron chi connectivity index (χ4n) is 3.61. The van der Waals surface area contributed by atoms with Gasteiger partial charge in [-0.25, -0.2) is 9.00 Å². The van der Waals surface area contributed by atoms with Crippen molar-refractivity contribution < 1.29 is 37.1 Å². The smallest absolute Gasteiger partial charge is 0.416 e. The zero-order valence-corrected chi connectivity index (χ0v) is 20.6. The molecule has 0 saturated carbocycles. The first-order valence-electron chi connectivity index (χ1n) is 11.0. The second-order valence-corrected chi connectivity index (χ2v) is 9.53. The fraction of sp³-hybridized carbons (Fsp3) is 0.0400. The Balaban J connectivity index is 1.82. The molecule has 0 saturated heterocycles. The Bertz CT molecular complexity index is 1670. The molecule has 11 nitrogen and oxygen atoms in total. The quantitative estimate of drug-likeness (QED) is 0.263. The average Bonchev–Trinajstić information content (AvgIpc) is 2.92. The van der Waals surface area contributed by atoms with Crippen molar-refractivity contribution >= 4 is 49.4 Å². The summed E-state index contributed by atoms with van der Waals surface area (Å²) in [7, 11) is -2.04. The number of benzene rings is 3. The van der Waals surface area contributed by atoms with E-state index < -0.39 is 49.7 Å². The third-order valence-electron chi connectivity index (χ3n) is 5.54. The first-order valence-corrected chi connectivity index (χ1v) is 12.1. The van der Waals surface area contributed by atoms with Crippen LogP contribution in [0, 0.1) is 20.2 Å². The average molecular weight is 572 g/mol. The van der Waals surface area contributed by atoms with E-state index in [-0.39, 0.29) is 37.9 Å². The molecule has 15 heteroatoms. The highest BCUT2D eigenvalue weighted by molar-refractivity contribution is 8.03. The van der Waals surface area contributed by atoms with Crippen molar-refractivity contribution in [2.24, 2.45) is 5.10 Å². The summed E-state index contributed by atoms with van der Waals surface area (Å²) in [5.41, 5.74) is 0.233. The zero-order chi connectivity index (χ0) is 29.2. The molecule has 0 aliphatic carbocycles. The molecule has 0 radical (unpaired) electrons. The number of aromatic carboxylic acids is 1. The van der Waals surface area contributed by atoms with Crippen LogP contribution in [0.1, 0.15) is 27.0 Å². The Hall–Kier alpha value is -5.18. The largest absolute Gasteiger partial charge is 0.478 e. The number of hydrazone groups is 1. The number of allylic oxidation sites excluding steroid dienone is 2. The summed E-state index contributed by atoms with van der Waals surface area (Å²) >= 11 is 0. The Kier molecular flexibility index (Phi) is 7.59. The number of hydrogen-bond acceptors (Lipinski definition) is 8. The van der Waals surface area contributed by atoms with Gasteiger partial charge in [0.15, 0.2) is 0 Å². The van der Waals surface area contributed by atoms with Gasteiger partial charge in [0.1, 0.15) is 5.69 Å². The van der Waals surface area contributed by atoms with E-state index in [4.69, 9.17) is 5.11 Å². The number of nitrogens with one attached hydrogen (secondary N) is 1.